The summed E-state index contributed by atoms with van der Waals surface area (Å²) < 4.78 is 5.37. The Morgan fingerprint density at radius 3 is 2.69 bits per heavy atom. The number of esters is 1. The van der Waals surface area contributed by atoms with Crippen LogP contribution in [0.15, 0.2) is 42.5 Å². The number of ether oxygens (including phenoxy) is 1. The third-order valence-electron chi connectivity index (χ3n) is 4.87. The Hall–Kier alpha value is -3.23. The van der Waals surface area contributed by atoms with Crippen molar-refractivity contribution in [2.75, 3.05) is 34.8 Å². The van der Waals surface area contributed by atoms with Crippen LogP contribution >= 0.6 is 23.2 Å². The fourth-order valence-corrected chi connectivity index (χ4v) is 3.63. The van der Waals surface area contributed by atoms with E-state index in [0.717, 1.165) is 11.4 Å². The molecule has 4 rings (SSSR count). The maximum absolute atomic E-state index is 11.9. The molecule has 0 saturated carbocycles. The lowest BCUT2D eigenvalue weighted by Crippen LogP contribution is -2.46. The molecule has 32 heavy (non-hydrogen) atoms. The fraction of sp³-hybridized carbons (Fsp3) is 0.227. The fourth-order valence-electron chi connectivity index (χ4n) is 3.24. The van der Waals surface area contributed by atoms with Crippen molar-refractivity contribution in [2.45, 2.75) is 19.4 Å². The van der Waals surface area contributed by atoms with E-state index < -0.39 is 5.54 Å². The van der Waals surface area contributed by atoms with Crippen LogP contribution in [0, 0.1) is 0 Å². The summed E-state index contributed by atoms with van der Waals surface area (Å²) in [5, 5.41) is 10.6. The number of benzene rings is 2. The molecule has 5 N–H and O–H groups in total. The van der Waals surface area contributed by atoms with Gasteiger partial charge in [-0.15, -0.1) is 0 Å². The Morgan fingerprint density at radius 1 is 1.09 bits per heavy atom. The summed E-state index contributed by atoms with van der Waals surface area (Å²) in [4.78, 5) is 20.4. The molecular formula is C22H22Cl2N6O2. The number of hydrogen-bond donors (Lipinski definition) is 4. The number of carbonyl (C=O) groups is 1. The molecule has 10 heteroatoms. The Bertz CT molecular complexity index is 1190. The van der Waals surface area contributed by atoms with Crippen LogP contribution in [0.3, 0.4) is 0 Å². The number of carbonyl (C=O) groups excluding carboxylic acids is 1. The lowest BCUT2D eigenvalue weighted by Gasteiger charge is -2.31. The number of nitrogens with two attached hydrogens (primary N) is 1. The third kappa shape index (κ3) is 4.66. The van der Waals surface area contributed by atoms with Crippen LogP contribution < -0.4 is 26.4 Å². The molecule has 0 radical (unpaired) electrons. The van der Waals surface area contributed by atoms with Gasteiger partial charge in [-0.1, -0.05) is 35.3 Å². The van der Waals surface area contributed by atoms with Gasteiger partial charge in [0, 0.05) is 30.4 Å². The normalized spacial score (nSPS) is 14.2. The van der Waals surface area contributed by atoms with Crippen molar-refractivity contribution < 1.29 is 9.53 Å². The van der Waals surface area contributed by atoms with E-state index in [2.05, 4.69) is 25.9 Å². The zero-order chi connectivity index (χ0) is 22.9. The summed E-state index contributed by atoms with van der Waals surface area (Å²) in [6.45, 7) is 4.74. The molecule has 2 heterocycles. The largest absolute Gasteiger partial charge is 0.423 e. The number of halogens is 2. The average Bonchev–Trinajstić information content (AvgIpc) is 2.73. The van der Waals surface area contributed by atoms with E-state index >= 15 is 0 Å². The Labute approximate surface area is 195 Å². The smallest absolute Gasteiger partial charge is 0.336 e. The lowest BCUT2D eigenvalue weighted by molar-refractivity contribution is -0.139. The van der Waals surface area contributed by atoms with E-state index in [4.69, 9.17) is 33.7 Å². The number of nitrogens with zero attached hydrogens (tertiary/aromatic N) is 2. The summed E-state index contributed by atoms with van der Waals surface area (Å²) in [6.07, 6.45) is 0. The molecule has 8 nitrogen and oxygen atoms in total. The van der Waals surface area contributed by atoms with Gasteiger partial charge in [0.2, 0.25) is 5.95 Å². The first-order chi connectivity index (χ1) is 15.2. The SMILES string of the molecule is CC1(C)Nc2cc(NCCNc3cc(-c4cccc(Cl)c4Cl)nc(N)n3)ccc2OC1=O. The second-order valence-electron chi connectivity index (χ2n) is 7.80. The Balaban J connectivity index is 1.39. The number of nitrogens with one attached hydrogen (secondary N) is 3. The monoisotopic (exact) mass is 472 g/mol. The van der Waals surface area contributed by atoms with Crippen LogP contribution in [0.1, 0.15) is 13.8 Å². The molecule has 0 spiro atoms. The standard InChI is InChI=1S/C22H22Cl2N6O2/c1-22(2)20(31)32-17-7-6-12(10-16(17)30-22)26-8-9-27-18-11-15(28-21(25)29-18)13-4-3-5-14(23)19(13)24/h3-7,10-11,26,30H,8-9H2,1-2H3,(H3,25,27,28,29). The van der Waals surface area contributed by atoms with Crippen molar-refractivity contribution in [1.29, 1.82) is 0 Å². The first-order valence-corrected chi connectivity index (χ1v) is 10.7. The van der Waals surface area contributed by atoms with Crippen molar-refractivity contribution in [2.24, 2.45) is 0 Å². The van der Waals surface area contributed by atoms with Crippen molar-refractivity contribution in [1.82, 2.24) is 9.97 Å². The minimum absolute atomic E-state index is 0.131. The molecule has 1 aliphatic rings. The summed E-state index contributed by atoms with van der Waals surface area (Å²) in [5.41, 5.74) is 8.02. The van der Waals surface area contributed by atoms with E-state index in [-0.39, 0.29) is 11.9 Å². The molecule has 166 valence electrons. The second-order valence-corrected chi connectivity index (χ2v) is 8.59. The van der Waals surface area contributed by atoms with E-state index in [1.165, 1.54) is 0 Å². The van der Waals surface area contributed by atoms with Gasteiger partial charge in [-0.3, -0.25) is 0 Å². The zero-order valence-corrected chi connectivity index (χ0v) is 19.0. The topological polar surface area (TPSA) is 114 Å². The molecule has 0 aliphatic carbocycles. The van der Waals surface area contributed by atoms with E-state index in [9.17, 15) is 4.79 Å². The molecule has 3 aromatic rings. The van der Waals surface area contributed by atoms with E-state index in [1.54, 1.807) is 38.1 Å². The number of aromatic nitrogens is 2. The quantitative estimate of drug-likeness (QED) is 0.232. The van der Waals surface area contributed by atoms with Crippen LogP contribution in [0.4, 0.5) is 23.1 Å². The first kappa shape index (κ1) is 22.0. The molecule has 2 aromatic carbocycles. The molecule has 0 amide bonds. The number of rotatable bonds is 6. The van der Waals surface area contributed by atoms with Crippen LogP contribution in [0.25, 0.3) is 11.3 Å². The summed E-state index contributed by atoms with van der Waals surface area (Å²) in [6, 6.07) is 12.6. The maximum atomic E-state index is 11.9. The summed E-state index contributed by atoms with van der Waals surface area (Å²) in [5.74, 6) is 0.914. The highest BCUT2D eigenvalue weighted by Gasteiger charge is 2.35. The molecule has 1 aromatic heterocycles. The third-order valence-corrected chi connectivity index (χ3v) is 5.69. The molecule has 0 fully saturated rings. The second kappa shape index (κ2) is 8.72. The zero-order valence-electron chi connectivity index (χ0n) is 17.5. The molecule has 0 atom stereocenters. The minimum Gasteiger partial charge on any atom is -0.423 e. The predicted octanol–water partition coefficient (Wildman–Crippen LogP) is 4.67. The van der Waals surface area contributed by atoms with Gasteiger partial charge in [-0.2, -0.15) is 4.98 Å². The van der Waals surface area contributed by atoms with Gasteiger partial charge < -0.3 is 26.4 Å². The number of nitrogen functional groups attached to an aromatic ring is 1. The summed E-state index contributed by atoms with van der Waals surface area (Å²) >= 11 is 12.4. The number of hydrogen-bond acceptors (Lipinski definition) is 8. The Kier molecular flexibility index (Phi) is 5.99. The highest BCUT2D eigenvalue weighted by molar-refractivity contribution is 6.43. The van der Waals surface area contributed by atoms with Gasteiger partial charge in [0.05, 0.1) is 21.4 Å². The van der Waals surface area contributed by atoms with Crippen LogP contribution in [-0.4, -0.2) is 34.6 Å². The van der Waals surface area contributed by atoms with Crippen molar-refractivity contribution >= 4 is 52.3 Å². The molecule has 1 aliphatic heterocycles. The molecule has 0 saturated heterocycles. The van der Waals surface area contributed by atoms with E-state index in [0.29, 0.717) is 46.0 Å². The van der Waals surface area contributed by atoms with E-state index in [1.807, 2.05) is 18.2 Å². The van der Waals surface area contributed by atoms with Crippen molar-refractivity contribution in [3.8, 4) is 17.0 Å². The van der Waals surface area contributed by atoms with Crippen LogP contribution in [0.2, 0.25) is 10.0 Å². The summed E-state index contributed by atoms with van der Waals surface area (Å²) in [7, 11) is 0. The minimum atomic E-state index is -0.774. The van der Waals surface area contributed by atoms with Crippen LogP contribution in [-0.2, 0) is 4.79 Å². The van der Waals surface area contributed by atoms with Crippen molar-refractivity contribution in [3.63, 3.8) is 0 Å². The lowest BCUT2D eigenvalue weighted by atomic mass is 10.0. The van der Waals surface area contributed by atoms with Gasteiger partial charge in [-0.05, 0) is 38.1 Å². The maximum Gasteiger partial charge on any atom is 0.336 e. The predicted molar refractivity (Wildman–Crippen MR) is 129 cm³/mol. The van der Waals surface area contributed by atoms with Gasteiger partial charge in [-0.25, -0.2) is 9.78 Å². The Morgan fingerprint density at radius 2 is 1.88 bits per heavy atom. The van der Waals surface area contributed by atoms with Gasteiger partial charge in [0.25, 0.3) is 0 Å². The highest BCUT2D eigenvalue weighted by atomic mass is 35.5. The molecular weight excluding hydrogens is 451 g/mol. The van der Waals surface area contributed by atoms with Crippen LogP contribution in [0.5, 0.6) is 5.75 Å². The number of fused-ring (bicyclic) bond motifs is 1. The highest BCUT2D eigenvalue weighted by Crippen LogP contribution is 2.35. The van der Waals surface area contributed by atoms with Gasteiger partial charge >= 0.3 is 5.97 Å². The van der Waals surface area contributed by atoms with Crippen molar-refractivity contribution in [3.05, 3.63) is 52.5 Å². The van der Waals surface area contributed by atoms with Gasteiger partial charge in [0.1, 0.15) is 11.4 Å². The first-order valence-electron chi connectivity index (χ1n) is 9.94. The molecule has 0 bridgehead atoms. The number of anilines is 4. The molecule has 0 unspecified atom stereocenters. The van der Waals surface area contributed by atoms with Gasteiger partial charge in [0.15, 0.2) is 5.75 Å². The average molecular weight is 473 g/mol.